The van der Waals surface area contributed by atoms with Crippen LogP contribution in [0.4, 0.5) is 13.2 Å². The molecule has 0 fully saturated rings. The van der Waals surface area contributed by atoms with E-state index in [2.05, 4.69) is 26.1 Å². The van der Waals surface area contributed by atoms with Crippen molar-refractivity contribution in [3.05, 3.63) is 34.8 Å². The number of nitrogens with zero attached hydrogens (tertiary/aromatic N) is 2. The molecular weight excluding hydrogens is 317 g/mol. The van der Waals surface area contributed by atoms with Crippen molar-refractivity contribution < 1.29 is 13.2 Å². The second-order valence-corrected chi connectivity index (χ2v) is 4.83. The quantitative estimate of drug-likeness (QED) is 0.777. The zero-order valence-electron chi connectivity index (χ0n) is 8.33. The third kappa shape index (κ3) is 2.84. The highest BCUT2D eigenvalue weighted by Crippen LogP contribution is 2.31. The summed E-state index contributed by atoms with van der Waals surface area (Å²) < 4.78 is 37.0. The van der Waals surface area contributed by atoms with Crippen LogP contribution in [0.5, 0.6) is 0 Å². The molecule has 7 heteroatoms. The van der Waals surface area contributed by atoms with Crippen LogP contribution in [-0.4, -0.2) is 10.2 Å². The Kier molecular flexibility index (Phi) is 3.48. The molecule has 17 heavy (non-hydrogen) atoms. The predicted octanol–water partition coefficient (Wildman–Crippen LogP) is 4.12. The summed E-state index contributed by atoms with van der Waals surface area (Å²) in [5.41, 5.74) is -0.0193. The third-order valence-corrected chi connectivity index (χ3v) is 3.91. The maximum atomic E-state index is 12.3. The minimum Gasteiger partial charge on any atom is -0.166 e. The smallest absolute Gasteiger partial charge is 0.166 e. The number of aromatic nitrogens is 2. The van der Waals surface area contributed by atoms with Crippen LogP contribution in [0.1, 0.15) is 10.6 Å². The number of hydrogen-bond acceptors (Lipinski definition) is 3. The fraction of sp³-hybridized carbons (Fsp3) is 0.200. The molecule has 1 heterocycles. The zero-order chi connectivity index (χ0) is 12.5. The van der Waals surface area contributed by atoms with Gasteiger partial charge >= 0.3 is 6.18 Å². The Morgan fingerprint density at radius 1 is 1.12 bits per heavy atom. The summed E-state index contributed by atoms with van der Waals surface area (Å²) >= 11 is 4.59. The SMILES string of the molecule is FC(F)(F)c1ccc(-c2nnc(CBr)s2)cc1. The maximum absolute atomic E-state index is 12.3. The van der Waals surface area contributed by atoms with Gasteiger partial charge in [0.1, 0.15) is 10.0 Å². The Balaban J connectivity index is 2.29. The van der Waals surface area contributed by atoms with E-state index in [0.29, 0.717) is 15.9 Å². The number of alkyl halides is 4. The molecule has 2 nitrogen and oxygen atoms in total. The van der Waals surface area contributed by atoms with Gasteiger partial charge in [-0.15, -0.1) is 10.2 Å². The van der Waals surface area contributed by atoms with Crippen molar-refractivity contribution in [3.63, 3.8) is 0 Å². The van der Waals surface area contributed by atoms with Gasteiger partial charge in [0.2, 0.25) is 0 Å². The van der Waals surface area contributed by atoms with Gasteiger partial charge in [0.25, 0.3) is 0 Å². The van der Waals surface area contributed by atoms with Gasteiger partial charge in [0, 0.05) is 5.56 Å². The van der Waals surface area contributed by atoms with Gasteiger partial charge in [-0.2, -0.15) is 13.2 Å². The summed E-state index contributed by atoms with van der Waals surface area (Å²) in [6, 6.07) is 4.90. The second-order valence-electron chi connectivity index (χ2n) is 3.21. The van der Waals surface area contributed by atoms with Crippen LogP contribution >= 0.6 is 27.3 Å². The normalized spacial score (nSPS) is 11.8. The first-order valence-electron chi connectivity index (χ1n) is 4.56. The number of benzene rings is 1. The van der Waals surface area contributed by atoms with Gasteiger partial charge in [-0.3, -0.25) is 0 Å². The van der Waals surface area contributed by atoms with Crippen LogP contribution in [-0.2, 0) is 11.5 Å². The molecule has 0 saturated carbocycles. The third-order valence-electron chi connectivity index (χ3n) is 2.04. The van der Waals surface area contributed by atoms with Crippen LogP contribution in [0.25, 0.3) is 10.6 Å². The summed E-state index contributed by atoms with van der Waals surface area (Å²) in [5.74, 6) is 0. The van der Waals surface area contributed by atoms with E-state index in [0.717, 1.165) is 17.1 Å². The van der Waals surface area contributed by atoms with Crippen LogP contribution in [0.15, 0.2) is 24.3 Å². The number of halogens is 4. The Labute approximate surface area is 108 Å². The van der Waals surface area contributed by atoms with Gasteiger partial charge < -0.3 is 0 Å². The van der Waals surface area contributed by atoms with Gasteiger partial charge in [-0.25, -0.2) is 0 Å². The molecule has 1 aromatic carbocycles. The predicted molar refractivity (Wildman–Crippen MR) is 63.0 cm³/mol. The first-order chi connectivity index (χ1) is 8.00. The fourth-order valence-electron chi connectivity index (χ4n) is 1.23. The lowest BCUT2D eigenvalue weighted by Crippen LogP contribution is -2.03. The molecule has 1 aromatic heterocycles. The molecule has 0 bridgehead atoms. The van der Waals surface area contributed by atoms with Gasteiger partial charge in [-0.1, -0.05) is 39.4 Å². The highest BCUT2D eigenvalue weighted by molar-refractivity contribution is 9.08. The Bertz CT molecular complexity index is 507. The van der Waals surface area contributed by atoms with Crippen LogP contribution in [0.3, 0.4) is 0 Å². The van der Waals surface area contributed by atoms with Crippen molar-refractivity contribution in [2.45, 2.75) is 11.5 Å². The van der Waals surface area contributed by atoms with Crippen LogP contribution < -0.4 is 0 Å². The highest BCUT2D eigenvalue weighted by Gasteiger charge is 2.30. The molecule has 0 saturated heterocycles. The molecule has 0 aliphatic carbocycles. The monoisotopic (exact) mass is 322 g/mol. The van der Waals surface area contributed by atoms with Crippen LogP contribution in [0, 0.1) is 0 Å². The van der Waals surface area contributed by atoms with Gasteiger partial charge in [0.05, 0.1) is 10.9 Å². The molecule has 90 valence electrons. The van der Waals surface area contributed by atoms with Crippen molar-refractivity contribution in [1.82, 2.24) is 10.2 Å². The van der Waals surface area contributed by atoms with Crippen molar-refractivity contribution in [3.8, 4) is 10.6 Å². The molecule has 0 radical (unpaired) electrons. The molecule has 0 atom stereocenters. The zero-order valence-corrected chi connectivity index (χ0v) is 10.7. The molecule has 0 aliphatic heterocycles. The highest BCUT2D eigenvalue weighted by atomic mass is 79.9. The van der Waals surface area contributed by atoms with E-state index in [4.69, 9.17) is 0 Å². The van der Waals surface area contributed by atoms with Crippen molar-refractivity contribution in [1.29, 1.82) is 0 Å². The number of rotatable bonds is 2. The minimum absolute atomic E-state index is 0.589. The summed E-state index contributed by atoms with van der Waals surface area (Å²) in [6.45, 7) is 0. The van der Waals surface area contributed by atoms with Crippen LogP contribution in [0.2, 0.25) is 0 Å². The summed E-state index contributed by atoms with van der Waals surface area (Å²) in [6.07, 6.45) is -4.30. The lowest BCUT2D eigenvalue weighted by Gasteiger charge is -2.06. The van der Waals surface area contributed by atoms with E-state index < -0.39 is 11.7 Å². The lowest BCUT2D eigenvalue weighted by molar-refractivity contribution is -0.137. The Morgan fingerprint density at radius 3 is 2.24 bits per heavy atom. The summed E-state index contributed by atoms with van der Waals surface area (Å²) in [4.78, 5) is 0. The van der Waals surface area contributed by atoms with E-state index >= 15 is 0 Å². The second kappa shape index (κ2) is 4.73. The summed E-state index contributed by atoms with van der Waals surface area (Å²) in [7, 11) is 0. The van der Waals surface area contributed by atoms with Crippen molar-refractivity contribution in [2.75, 3.05) is 0 Å². The molecule has 2 aromatic rings. The van der Waals surface area contributed by atoms with Gasteiger partial charge in [-0.05, 0) is 12.1 Å². The average Bonchev–Trinajstić information content (AvgIpc) is 2.76. The van der Waals surface area contributed by atoms with E-state index in [1.54, 1.807) is 0 Å². The summed E-state index contributed by atoms with van der Waals surface area (Å²) in [5, 5.41) is 9.79. The Hall–Kier alpha value is -0.950. The topological polar surface area (TPSA) is 25.8 Å². The van der Waals surface area contributed by atoms with E-state index in [1.807, 2.05) is 0 Å². The van der Waals surface area contributed by atoms with Gasteiger partial charge in [0.15, 0.2) is 0 Å². The molecule has 0 amide bonds. The molecule has 0 aliphatic rings. The van der Waals surface area contributed by atoms with E-state index in [1.165, 1.54) is 23.5 Å². The van der Waals surface area contributed by atoms with Crippen molar-refractivity contribution in [2.24, 2.45) is 0 Å². The first kappa shape index (κ1) is 12.5. The largest absolute Gasteiger partial charge is 0.416 e. The fourth-order valence-corrected chi connectivity index (χ4v) is 2.38. The number of hydrogen-bond donors (Lipinski definition) is 0. The lowest BCUT2D eigenvalue weighted by atomic mass is 10.1. The molecule has 0 spiro atoms. The standard InChI is InChI=1S/C10H6BrF3N2S/c11-5-8-15-16-9(17-8)6-1-3-7(4-2-6)10(12,13)14/h1-4H,5H2. The molecular formula is C10H6BrF3N2S. The maximum Gasteiger partial charge on any atom is 0.416 e. The minimum atomic E-state index is -4.30. The average molecular weight is 323 g/mol. The van der Waals surface area contributed by atoms with Crippen molar-refractivity contribution >= 4 is 27.3 Å². The van der Waals surface area contributed by atoms with E-state index in [9.17, 15) is 13.2 Å². The molecule has 0 unspecified atom stereocenters. The van der Waals surface area contributed by atoms with E-state index in [-0.39, 0.29) is 0 Å². The first-order valence-corrected chi connectivity index (χ1v) is 6.50. The molecule has 0 N–H and O–H groups in total. The Morgan fingerprint density at radius 2 is 1.76 bits per heavy atom. The molecule has 2 rings (SSSR count).